The Hall–Kier alpha value is -0.700. The lowest BCUT2D eigenvalue weighted by Crippen LogP contribution is -2.23. The summed E-state index contributed by atoms with van der Waals surface area (Å²) in [6.07, 6.45) is 0. The minimum atomic E-state index is -3.61. The van der Waals surface area contributed by atoms with Gasteiger partial charge in [0.15, 0.2) is 0 Å². The molecule has 0 saturated heterocycles. The summed E-state index contributed by atoms with van der Waals surface area (Å²) in [6.45, 7) is 1.83. The Morgan fingerprint density at radius 1 is 1.32 bits per heavy atom. The topological polar surface area (TPSA) is 72.2 Å². The largest absolute Gasteiger partial charge is 0.361 e. The third-order valence-electron chi connectivity index (χ3n) is 2.30. The number of rotatable bonds is 4. The lowest BCUT2D eigenvalue weighted by Gasteiger charge is -2.07. The van der Waals surface area contributed by atoms with Crippen molar-refractivity contribution in [1.82, 2.24) is 9.88 Å². The van der Waals surface area contributed by atoms with E-state index in [1.54, 1.807) is 25.1 Å². The van der Waals surface area contributed by atoms with E-state index in [-0.39, 0.29) is 11.4 Å². The van der Waals surface area contributed by atoms with E-state index in [1.807, 2.05) is 0 Å². The van der Waals surface area contributed by atoms with Crippen molar-refractivity contribution in [2.45, 2.75) is 18.4 Å². The zero-order valence-corrected chi connectivity index (χ0v) is 13.8. The van der Waals surface area contributed by atoms with Crippen LogP contribution in [0, 0.1) is 6.92 Å². The number of benzene rings is 1. The van der Waals surface area contributed by atoms with Crippen LogP contribution in [0.5, 0.6) is 0 Å². The highest BCUT2D eigenvalue weighted by molar-refractivity contribution is 9.11. The molecule has 1 aromatic heterocycles. The first kappa shape index (κ1) is 14.7. The fraction of sp³-hybridized carbons (Fsp3) is 0.182. The van der Waals surface area contributed by atoms with Crippen LogP contribution in [0.25, 0.3) is 0 Å². The van der Waals surface area contributed by atoms with Gasteiger partial charge in [-0.25, -0.2) is 13.1 Å². The van der Waals surface area contributed by atoms with Crippen molar-refractivity contribution in [2.24, 2.45) is 0 Å². The molecule has 0 saturated carbocycles. The Labute approximate surface area is 127 Å². The zero-order valence-electron chi connectivity index (χ0n) is 9.85. The average molecular weight is 410 g/mol. The van der Waals surface area contributed by atoms with Crippen LogP contribution >= 0.6 is 31.9 Å². The summed E-state index contributed by atoms with van der Waals surface area (Å²) < 4.78 is 32.9. The van der Waals surface area contributed by atoms with E-state index in [4.69, 9.17) is 4.52 Å². The van der Waals surface area contributed by atoms with E-state index in [0.29, 0.717) is 20.4 Å². The Morgan fingerprint density at radius 2 is 2.05 bits per heavy atom. The van der Waals surface area contributed by atoms with Crippen molar-refractivity contribution >= 4 is 41.9 Å². The summed E-state index contributed by atoms with van der Waals surface area (Å²) in [6, 6.07) is 6.63. The molecule has 0 aliphatic heterocycles. The molecule has 1 N–H and O–H groups in total. The molecule has 0 unspecified atom stereocenters. The maximum Gasteiger partial charge on any atom is 0.242 e. The first-order chi connectivity index (χ1) is 8.88. The van der Waals surface area contributed by atoms with Crippen molar-refractivity contribution in [3.63, 3.8) is 0 Å². The Balaban J connectivity index is 2.20. The maximum atomic E-state index is 12.2. The molecule has 1 heterocycles. The van der Waals surface area contributed by atoms with Crippen LogP contribution < -0.4 is 4.72 Å². The molecule has 0 spiro atoms. The fourth-order valence-electron chi connectivity index (χ4n) is 1.43. The molecule has 2 rings (SSSR count). The summed E-state index contributed by atoms with van der Waals surface area (Å²) in [5.74, 6) is 0.637. The van der Waals surface area contributed by atoms with Crippen molar-refractivity contribution < 1.29 is 12.9 Å². The third kappa shape index (κ3) is 3.65. The quantitative estimate of drug-likeness (QED) is 0.842. The Kier molecular flexibility index (Phi) is 4.44. The highest BCUT2D eigenvalue weighted by atomic mass is 79.9. The van der Waals surface area contributed by atoms with Gasteiger partial charge >= 0.3 is 0 Å². The van der Waals surface area contributed by atoms with Gasteiger partial charge in [-0.3, -0.25) is 0 Å². The first-order valence-electron chi connectivity index (χ1n) is 5.25. The molecule has 19 heavy (non-hydrogen) atoms. The van der Waals surface area contributed by atoms with Gasteiger partial charge in [-0.15, -0.1) is 0 Å². The van der Waals surface area contributed by atoms with Gasteiger partial charge in [0.2, 0.25) is 10.0 Å². The van der Waals surface area contributed by atoms with Gasteiger partial charge in [-0.05, 0) is 41.1 Å². The first-order valence-corrected chi connectivity index (χ1v) is 8.32. The summed E-state index contributed by atoms with van der Waals surface area (Å²) in [5.41, 5.74) is 0.534. The second-order valence-electron chi connectivity index (χ2n) is 3.83. The molecule has 0 fully saturated rings. The monoisotopic (exact) mass is 408 g/mol. The standard InChI is InChI=1S/C11H10Br2N2O3S/c1-7-4-9(15-18-7)6-14-19(16,17)11-5-8(12)2-3-10(11)13/h2-5,14H,6H2,1H3. The highest BCUT2D eigenvalue weighted by Gasteiger charge is 2.18. The van der Waals surface area contributed by atoms with Gasteiger partial charge in [0.05, 0.1) is 17.1 Å². The van der Waals surface area contributed by atoms with Crippen LogP contribution in [0.2, 0.25) is 0 Å². The molecule has 2 aromatic rings. The molecular formula is C11H10Br2N2O3S. The smallest absolute Gasteiger partial charge is 0.242 e. The van der Waals surface area contributed by atoms with Gasteiger partial charge in [0, 0.05) is 15.0 Å². The predicted octanol–water partition coefficient (Wildman–Crippen LogP) is 2.99. The van der Waals surface area contributed by atoms with Crippen molar-refractivity contribution in [2.75, 3.05) is 0 Å². The second-order valence-corrected chi connectivity index (χ2v) is 7.33. The summed E-state index contributed by atoms with van der Waals surface area (Å²) >= 11 is 6.47. The van der Waals surface area contributed by atoms with Crippen LogP contribution in [-0.2, 0) is 16.6 Å². The Bertz CT molecular complexity index is 698. The highest BCUT2D eigenvalue weighted by Crippen LogP contribution is 2.25. The SMILES string of the molecule is Cc1cc(CNS(=O)(=O)c2cc(Br)ccc2Br)no1. The lowest BCUT2D eigenvalue weighted by molar-refractivity contribution is 0.390. The average Bonchev–Trinajstić information content (AvgIpc) is 2.76. The molecule has 0 radical (unpaired) electrons. The normalized spacial score (nSPS) is 11.7. The van der Waals surface area contributed by atoms with Gasteiger partial charge in [-0.2, -0.15) is 0 Å². The number of nitrogens with one attached hydrogen (secondary N) is 1. The van der Waals surface area contributed by atoms with Gasteiger partial charge in [0.25, 0.3) is 0 Å². The predicted molar refractivity (Wildman–Crippen MR) is 77.1 cm³/mol. The number of hydrogen-bond donors (Lipinski definition) is 1. The van der Waals surface area contributed by atoms with Crippen LogP contribution in [0.4, 0.5) is 0 Å². The van der Waals surface area contributed by atoms with E-state index >= 15 is 0 Å². The maximum absolute atomic E-state index is 12.2. The zero-order chi connectivity index (χ0) is 14.0. The number of nitrogens with zero attached hydrogens (tertiary/aromatic N) is 1. The van der Waals surface area contributed by atoms with E-state index in [0.717, 1.165) is 0 Å². The second kappa shape index (κ2) is 5.74. The van der Waals surface area contributed by atoms with E-state index in [1.165, 1.54) is 6.07 Å². The summed E-state index contributed by atoms with van der Waals surface area (Å²) in [4.78, 5) is 0.169. The molecule has 0 atom stereocenters. The number of aryl methyl sites for hydroxylation is 1. The molecule has 102 valence electrons. The van der Waals surface area contributed by atoms with E-state index in [9.17, 15) is 8.42 Å². The van der Waals surface area contributed by atoms with Gasteiger partial charge in [0.1, 0.15) is 5.76 Å². The van der Waals surface area contributed by atoms with Gasteiger partial charge in [-0.1, -0.05) is 21.1 Å². The summed E-state index contributed by atoms with van der Waals surface area (Å²) in [5, 5.41) is 3.73. The molecular weight excluding hydrogens is 400 g/mol. The van der Waals surface area contributed by atoms with Crippen LogP contribution in [0.1, 0.15) is 11.5 Å². The van der Waals surface area contributed by atoms with Crippen LogP contribution in [-0.4, -0.2) is 13.6 Å². The number of halogens is 2. The lowest BCUT2D eigenvalue weighted by atomic mass is 10.4. The molecule has 0 amide bonds. The minimum Gasteiger partial charge on any atom is -0.361 e. The molecule has 5 nitrogen and oxygen atoms in total. The molecule has 0 aliphatic rings. The fourth-order valence-corrected chi connectivity index (χ4v) is 3.93. The molecule has 1 aromatic carbocycles. The van der Waals surface area contributed by atoms with Crippen LogP contribution in [0.15, 0.2) is 42.6 Å². The molecule has 8 heteroatoms. The van der Waals surface area contributed by atoms with E-state index in [2.05, 4.69) is 41.7 Å². The van der Waals surface area contributed by atoms with Crippen molar-refractivity contribution in [3.05, 3.63) is 44.7 Å². The van der Waals surface area contributed by atoms with E-state index < -0.39 is 10.0 Å². The van der Waals surface area contributed by atoms with Crippen molar-refractivity contribution in [3.8, 4) is 0 Å². The van der Waals surface area contributed by atoms with Crippen LogP contribution in [0.3, 0.4) is 0 Å². The van der Waals surface area contributed by atoms with Gasteiger partial charge < -0.3 is 4.52 Å². The number of sulfonamides is 1. The molecule has 0 bridgehead atoms. The third-order valence-corrected chi connectivity index (χ3v) is 5.19. The Morgan fingerprint density at radius 3 is 2.68 bits per heavy atom. The summed E-state index contributed by atoms with van der Waals surface area (Å²) in [7, 11) is -3.61. The van der Waals surface area contributed by atoms with Crippen molar-refractivity contribution in [1.29, 1.82) is 0 Å². The number of hydrogen-bond acceptors (Lipinski definition) is 4. The number of aromatic nitrogens is 1. The minimum absolute atomic E-state index is 0.0820. The molecule has 0 aliphatic carbocycles.